The Hall–Kier alpha value is -1.10. The third kappa shape index (κ3) is 2.76. The molecule has 2 fully saturated rings. The van der Waals surface area contributed by atoms with Crippen molar-refractivity contribution >= 4 is 11.8 Å². The summed E-state index contributed by atoms with van der Waals surface area (Å²) in [6.07, 6.45) is 5.54. The SMILES string of the molecule is CC(=O)N1CCN(C(=O)C(C)N)CC12CCCCC2. The van der Waals surface area contributed by atoms with Crippen molar-refractivity contribution in [2.45, 2.75) is 57.5 Å². The number of amides is 2. The minimum absolute atomic E-state index is 0.00755. The van der Waals surface area contributed by atoms with Gasteiger partial charge in [-0.25, -0.2) is 0 Å². The molecule has 2 aliphatic rings. The predicted octanol–water partition coefficient (Wildman–Crippen LogP) is 0.727. The summed E-state index contributed by atoms with van der Waals surface area (Å²) in [4.78, 5) is 27.8. The van der Waals surface area contributed by atoms with E-state index in [0.29, 0.717) is 19.6 Å². The molecule has 0 aromatic heterocycles. The Morgan fingerprint density at radius 2 is 1.79 bits per heavy atom. The summed E-state index contributed by atoms with van der Waals surface area (Å²) in [7, 11) is 0. The van der Waals surface area contributed by atoms with Crippen LogP contribution in [0.2, 0.25) is 0 Å². The molecule has 108 valence electrons. The molecule has 1 heterocycles. The van der Waals surface area contributed by atoms with Gasteiger partial charge >= 0.3 is 0 Å². The third-order valence-corrected chi connectivity index (χ3v) is 4.52. The number of carbonyl (C=O) groups is 2. The lowest BCUT2D eigenvalue weighted by atomic mass is 9.78. The molecule has 1 unspecified atom stereocenters. The van der Waals surface area contributed by atoms with Crippen molar-refractivity contribution in [2.24, 2.45) is 5.73 Å². The number of nitrogens with zero attached hydrogens (tertiary/aromatic N) is 2. The van der Waals surface area contributed by atoms with Gasteiger partial charge in [-0.05, 0) is 19.8 Å². The molecule has 0 aromatic carbocycles. The lowest BCUT2D eigenvalue weighted by molar-refractivity contribution is -0.150. The molecule has 5 nitrogen and oxygen atoms in total. The van der Waals surface area contributed by atoms with Gasteiger partial charge in [0.15, 0.2) is 0 Å². The van der Waals surface area contributed by atoms with Crippen LogP contribution in [0.25, 0.3) is 0 Å². The average Bonchev–Trinajstić information content (AvgIpc) is 2.38. The van der Waals surface area contributed by atoms with Crippen LogP contribution in [-0.4, -0.2) is 52.8 Å². The minimum Gasteiger partial charge on any atom is -0.337 e. The first kappa shape index (κ1) is 14.3. The number of piperazine rings is 1. The van der Waals surface area contributed by atoms with Gasteiger partial charge in [0.2, 0.25) is 11.8 Å². The van der Waals surface area contributed by atoms with E-state index in [0.717, 1.165) is 25.7 Å². The fourth-order valence-corrected chi connectivity index (χ4v) is 3.58. The molecule has 2 rings (SSSR count). The highest BCUT2D eigenvalue weighted by Crippen LogP contribution is 2.36. The van der Waals surface area contributed by atoms with E-state index in [-0.39, 0.29) is 17.4 Å². The zero-order valence-corrected chi connectivity index (χ0v) is 12.0. The van der Waals surface area contributed by atoms with E-state index in [1.165, 1.54) is 6.42 Å². The lowest BCUT2D eigenvalue weighted by Gasteiger charge is -2.52. The topological polar surface area (TPSA) is 66.6 Å². The number of hydrogen-bond donors (Lipinski definition) is 1. The number of rotatable bonds is 1. The summed E-state index contributed by atoms with van der Waals surface area (Å²) < 4.78 is 0. The second kappa shape index (κ2) is 5.49. The van der Waals surface area contributed by atoms with Gasteiger partial charge in [-0.2, -0.15) is 0 Å². The van der Waals surface area contributed by atoms with Gasteiger partial charge in [-0.15, -0.1) is 0 Å². The molecule has 2 N–H and O–H groups in total. The number of hydrogen-bond acceptors (Lipinski definition) is 3. The summed E-state index contributed by atoms with van der Waals surface area (Å²) in [5, 5.41) is 0. The molecule has 0 aromatic rings. The largest absolute Gasteiger partial charge is 0.337 e. The van der Waals surface area contributed by atoms with Crippen molar-refractivity contribution in [3.63, 3.8) is 0 Å². The van der Waals surface area contributed by atoms with Gasteiger partial charge in [0.1, 0.15) is 0 Å². The number of nitrogens with two attached hydrogens (primary N) is 1. The Balaban J connectivity index is 2.18. The molecule has 1 spiro atoms. The first-order valence-electron chi connectivity index (χ1n) is 7.29. The molecule has 0 bridgehead atoms. The maximum Gasteiger partial charge on any atom is 0.239 e. The second-order valence-electron chi connectivity index (χ2n) is 6.00. The average molecular weight is 267 g/mol. The normalized spacial score (nSPS) is 24.4. The summed E-state index contributed by atoms with van der Waals surface area (Å²) in [6.45, 7) is 5.29. The fourth-order valence-electron chi connectivity index (χ4n) is 3.58. The minimum atomic E-state index is -0.454. The van der Waals surface area contributed by atoms with Crippen molar-refractivity contribution in [2.75, 3.05) is 19.6 Å². The van der Waals surface area contributed by atoms with Gasteiger partial charge in [0, 0.05) is 26.6 Å². The molecule has 1 aliphatic carbocycles. The first-order chi connectivity index (χ1) is 8.96. The van der Waals surface area contributed by atoms with Gasteiger partial charge in [0.25, 0.3) is 0 Å². The van der Waals surface area contributed by atoms with Gasteiger partial charge in [0.05, 0.1) is 11.6 Å². The summed E-state index contributed by atoms with van der Waals surface area (Å²) in [5.41, 5.74) is 5.58. The van der Waals surface area contributed by atoms with E-state index in [2.05, 4.69) is 0 Å². The quantitative estimate of drug-likeness (QED) is 0.761. The van der Waals surface area contributed by atoms with Crippen LogP contribution < -0.4 is 5.73 Å². The maximum absolute atomic E-state index is 12.1. The zero-order valence-electron chi connectivity index (χ0n) is 12.0. The standard InChI is InChI=1S/C14H25N3O2/c1-11(15)13(19)16-8-9-17(12(2)18)14(10-16)6-4-3-5-7-14/h11H,3-10,15H2,1-2H3. The monoisotopic (exact) mass is 267 g/mol. The highest BCUT2D eigenvalue weighted by molar-refractivity contribution is 5.82. The lowest BCUT2D eigenvalue weighted by Crippen LogP contribution is -2.66. The van der Waals surface area contributed by atoms with Crippen LogP contribution in [0.4, 0.5) is 0 Å². The third-order valence-electron chi connectivity index (χ3n) is 4.52. The highest BCUT2D eigenvalue weighted by atomic mass is 16.2. The summed E-state index contributed by atoms with van der Waals surface area (Å²) in [5.74, 6) is 0.142. The molecule has 1 aliphatic heterocycles. The highest BCUT2D eigenvalue weighted by Gasteiger charge is 2.44. The van der Waals surface area contributed by atoms with Crippen LogP contribution >= 0.6 is 0 Å². The van der Waals surface area contributed by atoms with Crippen molar-refractivity contribution < 1.29 is 9.59 Å². The van der Waals surface area contributed by atoms with E-state index in [1.807, 2.05) is 9.80 Å². The van der Waals surface area contributed by atoms with E-state index in [9.17, 15) is 9.59 Å². The maximum atomic E-state index is 12.1. The summed E-state index contributed by atoms with van der Waals surface area (Å²) in [6, 6.07) is -0.454. The van der Waals surface area contributed by atoms with Gasteiger partial charge < -0.3 is 15.5 Å². The second-order valence-corrected chi connectivity index (χ2v) is 6.00. The van der Waals surface area contributed by atoms with Gasteiger partial charge in [-0.3, -0.25) is 9.59 Å². The molecule has 19 heavy (non-hydrogen) atoms. The van der Waals surface area contributed by atoms with Gasteiger partial charge in [-0.1, -0.05) is 19.3 Å². The Morgan fingerprint density at radius 3 is 2.32 bits per heavy atom. The molecular formula is C14H25N3O2. The van der Waals surface area contributed by atoms with E-state index in [4.69, 9.17) is 5.73 Å². The van der Waals surface area contributed by atoms with Crippen molar-refractivity contribution in [3.8, 4) is 0 Å². The van der Waals surface area contributed by atoms with Crippen molar-refractivity contribution in [1.82, 2.24) is 9.80 Å². The molecule has 1 saturated heterocycles. The van der Waals surface area contributed by atoms with Crippen molar-refractivity contribution in [3.05, 3.63) is 0 Å². The molecule has 5 heteroatoms. The molecular weight excluding hydrogens is 242 g/mol. The Bertz CT molecular complexity index is 362. The Morgan fingerprint density at radius 1 is 1.16 bits per heavy atom. The van der Waals surface area contributed by atoms with Crippen molar-refractivity contribution in [1.29, 1.82) is 0 Å². The summed E-state index contributed by atoms with van der Waals surface area (Å²) >= 11 is 0. The van der Waals surface area contributed by atoms with Crippen LogP contribution in [0.1, 0.15) is 46.0 Å². The molecule has 2 amide bonds. The Kier molecular flexibility index (Phi) is 4.13. The van der Waals surface area contributed by atoms with E-state index >= 15 is 0 Å². The first-order valence-corrected chi connectivity index (χ1v) is 7.29. The van der Waals surface area contributed by atoms with Crippen LogP contribution in [-0.2, 0) is 9.59 Å². The number of carbonyl (C=O) groups excluding carboxylic acids is 2. The van der Waals surface area contributed by atoms with E-state index in [1.54, 1.807) is 13.8 Å². The Labute approximate surface area is 115 Å². The fraction of sp³-hybridized carbons (Fsp3) is 0.857. The van der Waals surface area contributed by atoms with Crippen LogP contribution in [0.15, 0.2) is 0 Å². The zero-order chi connectivity index (χ0) is 14.0. The molecule has 0 radical (unpaired) electrons. The molecule has 1 atom stereocenters. The smallest absolute Gasteiger partial charge is 0.239 e. The predicted molar refractivity (Wildman–Crippen MR) is 73.4 cm³/mol. The van der Waals surface area contributed by atoms with Crippen LogP contribution in [0.3, 0.4) is 0 Å². The van der Waals surface area contributed by atoms with Crippen LogP contribution in [0, 0.1) is 0 Å². The van der Waals surface area contributed by atoms with Crippen LogP contribution in [0.5, 0.6) is 0 Å². The van der Waals surface area contributed by atoms with E-state index < -0.39 is 6.04 Å². The molecule has 1 saturated carbocycles.